The van der Waals surface area contributed by atoms with Gasteiger partial charge in [0.15, 0.2) is 0 Å². The maximum Gasteiger partial charge on any atom is 0.0478 e. The maximum atomic E-state index is 5.63. The summed E-state index contributed by atoms with van der Waals surface area (Å²) in [5.41, 5.74) is 0. The summed E-state index contributed by atoms with van der Waals surface area (Å²) in [6.07, 6.45) is 5.17. The van der Waals surface area contributed by atoms with Crippen molar-refractivity contribution in [3.63, 3.8) is 0 Å². The minimum atomic E-state index is 0. The molecule has 2 heterocycles. The summed E-state index contributed by atoms with van der Waals surface area (Å²) in [6, 6.07) is 0. The molecule has 0 N–H and O–H groups in total. The van der Waals surface area contributed by atoms with Crippen molar-refractivity contribution in [2.75, 3.05) is 44.4 Å². The first-order chi connectivity index (χ1) is 8.38. The highest BCUT2D eigenvalue weighted by Gasteiger charge is 2.30. The highest BCUT2D eigenvalue weighted by Crippen LogP contribution is 2.32. The lowest BCUT2D eigenvalue weighted by atomic mass is 9.91. The smallest absolute Gasteiger partial charge is 0.0478 e. The molecule has 0 aliphatic carbocycles. The van der Waals surface area contributed by atoms with E-state index in [2.05, 4.69) is 23.6 Å². The lowest BCUT2D eigenvalue weighted by Gasteiger charge is -2.41. The molecule has 0 aromatic carbocycles. The van der Waals surface area contributed by atoms with Gasteiger partial charge >= 0.3 is 0 Å². The third-order valence-corrected chi connectivity index (χ3v) is 5.23. The lowest BCUT2D eigenvalue weighted by Crippen LogP contribution is -2.44. The van der Waals surface area contributed by atoms with Crippen LogP contribution in [0.1, 0.15) is 32.6 Å². The maximum absolute atomic E-state index is 5.63. The molecule has 2 bridgehead atoms. The number of thioether (sulfide) groups is 1. The Hall–Kier alpha value is 0.560. The Balaban J connectivity index is 0.00000162. The second-order valence-corrected chi connectivity index (χ2v) is 6.66. The molecule has 2 unspecified atom stereocenters. The van der Waals surface area contributed by atoms with Crippen LogP contribution in [-0.2, 0) is 4.74 Å². The molecule has 2 atom stereocenters. The number of likely N-dealkylation sites (tertiary alicyclic amines) is 1. The molecule has 2 nitrogen and oxygen atoms in total. The number of unbranched alkanes of at least 4 members (excludes halogenated alkanes) is 1. The van der Waals surface area contributed by atoms with E-state index in [1.165, 1.54) is 56.8 Å². The van der Waals surface area contributed by atoms with Crippen LogP contribution in [0.15, 0.2) is 0 Å². The molecule has 108 valence electrons. The summed E-state index contributed by atoms with van der Waals surface area (Å²) in [6.45, 7) is 8.08. The van der Waals surface area contributed by atoms with Gasteiger partial charge in [-0.2, -0.15) is 11.8 Å². The minimum absolute atomic E-state index is 0. The van der Waals surface area contributed by atoms with Gasteiger partial charge in [-0.3, -0.25) is 0 Å². The van der Waals surface area contributed by atoms with Crippen molar-refractivity contribution in [3.05, 3.63) is 0 Å². The normalized spacial score (nSPS) is 27.8. The topological polar surface area (TPSA) is 12.5 Å². The molecule has 2 saturated heterocycles. The number of nitrogens with zero attached hydrogens (tertiary/aromatic N) is 1. The molecule has 4 heteroatoms. The molecule has 0 aromatic rings. The number of hydrogen-bond acceptors (Lipinski definition) is 3. The monoisotopic (exact) mass is 293 g/mol. The summed E-state index contributed by atoms with van der Waals surface area (Å²) >= 11 is 2.18. The fourth-order valence-electron chi connectivity index (χ4n) is 2.99. The second kappa shape index (κ2) is 9.46. The highest BCUT2D eigenvalue weighted by molar-refractivity contribution is 7.99. The van der Waals surface area contributed by atoms with Crippen molar-refractivity contribution in [1.82, 2.24) is 4.90 Å². The van der Waals surface area contributed by atoms with Crippen molar-refractivity contribution >= 4 is 24.2 Å². The minimum Gasteiger partial charge on any atom is -0.381 e. The molecule has 0 amide bonds. The van der Waals surface area contributed by atoms with E-state index in [1.807, 2.05) is 0 Å². The number of rotatable bonds is 7. The van der Waals surface area contributed by atoms with E-state index in [4.69, 9.17) is 4.74 Å². The Morgan fingerprint density at radius 3 is 2.44 bits per heavy atom. The molecule has 0 radical (unpaired) electrons. The average molecular weight is 294 g/mol. The van der Waals surface area contributed by atoms with E-state index >= 15 is 0 Å². The van der Waals surface area contributed by atoms with E-state index in [0.29, 0.717) is 0 Å². The molecule has 2 fully saturated rings. The number of ether oxygens (including phenoxy) is 1. The van der Waals surface area contributed by atoms with Gasteiger partial charge in [-0.05, 0) is 42.6 Å². The molecule has 0 aromatic heterocycles. The zero-order chi connectivity index (χ0) is 11.9. The first-order valence-corrected chi connectivity index (χ1v) is 8.41. The van der Waals surface area contributed by atoms with Gasteiger partial charge in [0.1, 0.15) is 0 Å². The quantitative estimate of drug-likeness (QED) is 0.668. The van der Waals surface area contributed by atoms with Gasteiger partial charge in [-0.15, -0.1) is 12.4 Å². The Morgan fingerprint density at radius 2 is 1.78 bits per heavy atom. The molecule has 0 saturated carbocycles. The molecule has 0 spiro atoms. The van der Waals surface area contributed by atoms with E-state index in [0.717, 1.165) is 25.0 Å². The van der Waals surface area contributed by atoms with Gasteiger partial charge in [0, 0.05) is 32.8 Å². The van der Waals surface area contributed by atoms with Crippen molar-refractivity contribution in [2.45, 2.75) is 32.6 Å². The van der Waals surface area contributed by atoms with Gasteiger partial charge in [0.2, 0.25) is 0 Å². The standard InChI is InChI=1S/C14H27NOS.ClH/c1-2-3-6-16-7-4-5-15-9-13-8-14(10-15)12-17-11-13;/h13-14H,2-12H2,1H3;1H. The zero-order valence-electron chi connectivity index (χ0n) is 11.6. The van der Waals surface area contributed by atoms with Gasteiger partial charge < -0.3 is 9.64 Å². The SMILES string of the molecule is CCCCOCCCN1CC2CSCC(C2)C1.Cl. The summed E-state index contributed by atoms with van der Waals surface area (Å²) in [5.74, 6) is 4.77. The van der Waals surface area contributed by atoms with E-state index in [-0.39, 0.29) is 12.4 Å². The predicted molar refractivity (Wildman–Crippen MR) is 83.0 cm³/mol. The largest absolute Gasteiger partial charge is 0.381 e. The molecule has 2 aliphatic rings. The highest BCUT2D eigenvalue weighted by atomic mass is 35.5. The van der Waals surface area contributed by atoms with Gasteiger partial charge in [-0.25, -0.2) is 0 Å². The van der Waals surface area contributed by atoms with Gasteiger partial charge in [0.25, 0.3) is 0 Å². The Labute approximate surface area is 123 Å². The van der Waals surface area contributed by atoms with Gasteiger partial charge in [-0.1, -0.05) is 13.3 Å². The first-order valence-electron chi connectivity index (χ1n) is 7.26. The van der Waals surface area contributed by atoms with Crippen molar-refractivity contribution in [2.24, 2.45) is 11.8 Å². The van der Waals surface area contributed by atoms with Crippen molar-refractivity contribution in [1.29, 1.82) is 0 Å². The zero-order valence-corrected chi connectivity index (χ0v) is 13.2. The van der Waals surface area contributed by atoms with E-state index in [9.17, 15) is 0 Å². The van der Waals surface area contributed by atoms with Crippen LogP contribution in [-0.4, -0.2) is 49.3 Å². The molecule has 2 aliphatic heterocycles. The Bertz CT molecular complexity index is 206. The van der Waals surface area contributed by atoms with Crippen LogP contribution >= 0.6 is 24.2 Å². The Morgan fingerprint density at radius 1 is 1.11 bits per heavy atom. The first kappa shape index (κ1) is 16.6. The van der Waals surface area contributed by atoms with Crippen LogP contribution < -0.4 is 0 Å². The van der Waals surface area contributed by atoms with Crippen LogP contribution in [0, 0.1) is 11.8 Å². The molecular formula is C14H28ClNOS. The van der Waals surface area contributed by atoms with Crippen LogP contribution in [0.4, 0.5) is 0 Å². The molecule has 2 rings (SSSR count). The summed E-state index contributed by atoms with van der Waals surface area (Å²) in [7, 11) is 0. The van der Waals surface area contributed by atoms with E-state index in [1.54, 1.807) is 0 Å². The van der Waals surface area contributed by atoms with Crippen molar-refractivity contribution < 1.29 is 4.74 Å². The average Bonchev–Trinajstić information content (AvgIpc) is 2.33. The lowest BCUT2D eigenvalue weighted by molar-refractivity contribution is 0.0975. The summed E-state index contributed by atoms with van der Waals surface area (Å²) in [4.78, 5) is 2.68. The fourth-order valence-corrected chi connectivity index (χ4v) is 4.28. The van der Waals surface area contributed by atoms with Gasteiger partial charge in [0.05, 0.1) is 0 Å². The third-order valence-electron chi connectivity index (χ3n) is 3.81. The van der Waals surface area contributed by atoms with Crippen LogP contribution in [0.25, 0.3) is 0 Å². The summed E-state index contributed by atoms with van der Waals surface area (Å²) in [5, 5.41) is 0. The molecule has 18 heavy (non-hydrogen) atoms. The van der Waals surface area contributed by atoms with Crippen molar-refractivity contribution in [3.8, 4) is 0 Å². The van der Waals surface area contributed by atoms with E-state index < -0.39 is 0 Å². The third kappa shape index (κ3) is 5.68. The second-order valence-electron chi connectivity index (χ2n) is 5.58. The van der Waals surface area contributed by atoms with Crippen LogP contribution in [0.2, 0.25) is 0 Å². The number of piperidine rings is 1. The number of halogens is 1. The fraction of sp³-hybridized carbons (Fsp3) is 1.00. The summed E-state index contributed by atoms with van der Waals surface area (Å²) < 4.78 is 5.63. The van der Waals surface area contributed by atoms with Crippen LogP contribution in [0.5, 0.6) is 0 Å². The van der Waals surface area contributed by atoms with Crippen LogP contribution in [0.3, 0.4) is 0 Å². The predicted octanol–water partition coefficient (Wildman–Crippen LogP) is 3.30. The molecular weight excluding hydrogens is 266 g/mol. The number of fused-ring (bicyclic) bond motifs is 2. The Kier molecular flexibility index (Phi) is 8.73. The number of hydrogen-bond donors (Lipinski definition) is 0.